The normalized spacial score (nSPS) is 23.8. The van der Waals surface area contributed by atoms with Gasteiger partial charge >= 0.3 is 12.1 Å². The first-order chi connectivity index (χ1) is 14.1. The number of carbonyl (C=O) groups is 2. The number of benzene rings is 1. The van der Waals surface area contributed by atoms with E-state index in [0.717, 1.165) is 29.6 Å². The number of carboxylic acid groups (broad SMARTS) is 1. The number of alkyl halides is 3. The van der Waals surface area contributed by atoms with Gasteiger partial charge < -0.3 is 19.9 Å². The molecule has 0 radical (unpaired) electrons. The van der Waals surface area contributed by atoms with E-state index < -0.39 is 12.1 Å². The number of likely N-dealkylation sites (tertiary alicyclic amines) is 1. The molecule has 3 atom stereocenters. The molecule has 2 fully saturated rings. The standard InChI is InChI=1S/C19H25N3O.C2HF3O2/c1-21(2)15-7-6-13-11-22(12-14(13)10-15)19(23)17-4-3-5-18-16(17)8-9-20-18;3-2(4,5)1(6)7/h3-5,8-9,13-15,20H,6-7,10-12H2,1-2H3;(H,6,7). The quantitative estimate of drug-likeness (QED) is 0.771. The Morgan fingerprint density at radius 1 is 1.13 bits per heavy atom. The van der Waals surface area contributed by atoms with Crippen LogP contribution in [0.25, 0.3) is 10.9 Å². The van der Waals surface area contributed by atoms with E-state index in [2.05, 4.69) is 28.9 Å². The van der Waals surface area contributed by atoms with Gasteiger partial charge in [0.15, 0.2) is 0 Å². The van der Waals surface area contributed by atoms with Crippen LogP contribution in [0.5, 0.6) is 0 Å². The van der Waals surface area contributed by atoms with Crippen LogP contribution in [0.4, 0.5) is 13.2 Å². The summed E-state index contributed by atoms with van der Waals surface area (Å²) in [6.45, 7) is 1.86. The van der Waals surface area contributed by atoms with Crippen molar-refractivity contribution in [2.24, 2.45) is 11.8 Å². The highest BCUT2D eigenvalue weighted by Gasteiger charge is 2.40. The molecule has 1 saturated heterocycles. The van der Waals surface area contributed by atoms with Gasteiger partial charge in [0.25, 0.3) is 5.91 Å². The van der Waals surface area contributed by atoms with Crippen molar-refractivity contribution >= 4 is 22.8 Å². The Morgan fingerprint density at radius 3 is 2.43 bits per heavy atom. The Kier molecular flexibility index (Phi) is 6.40. The van der Waals surface area contributed by atoms with Crippen molar-refractivity contribution in [1.82, 2.24) is 14.8 Å². The smallest absolute Gasteiger partial charge is 0.475 e. The zero-order chi connectivity index (χ0) is 22.1. The van der Waals surface area contributed by atoms with E-state index in [1.807, 2.05) is 30.5 Å². The van der Waals surface area contributed by atoms with Gasteiger partial charge in [-0.25, -0.2) is 4.79 Å². The summed E-state index contributed by atoms with van der Waals surface area (Å²) in [7, 11) is 4.35. The average molecular weight is 425 g/mol. The Hall–Kier alpha value is -2.55. The summed E-state index contributed by atoms with van der Waals surface area (Å²) in [4.78, 5) is 29.6. The van der Waals surface area contributed by atoms with E-state index in [9.17, 15) is 18.0 Å². The van der Waals surface area contributed by atoms with Crippen LogP contribution in [0, 0.1) is 11.8 Å². The van der Waals surface area contributed by atoms with Crippen LogP contribution in [-0.2, 0) is 4.79 Å². The number of aromatic amines is 1. The highest BCUT2D eigenvalue weighted by atomic mass is 19.4. The van der Waals surface area contributed by atoms with Gasteiger partial charge in [-0.1, -0.05) is 6.07 Å². The van der Waals surface area contributed by atoms with Crippen LogP contribution in [0.1, 0.15) is 29.6 Å². The minimum Gasteiger partial charge on any atom is -0.475 e. The lowest BCUT2D eigenvalue weighted by atomic mass is 9.79. The van der Waals surface area contributed by atoms with E-state index in [0.29, 0.717) is 17.9 Å². The number of amides is 1. The van der Waals surface area contributed by atoms with Crippen molar-refractivity contribution in [1.29, 1.82) is 0 Å². The number of aromatic nitrogens is 1. The molecule has 3 unspecified atom stereocenters. The number of hydrogen-bond donors (Lipinski definition) is 2. The summed E-state index contributed by atoms with van der Waals surface area (Å²) in [5.41, 5.74) is 1.88. The summed E-state index contributed by atoms with van der Waals surface area (Å²) in [6.07, 6.45) is 0.581. The minimum absolute atomic E-state index is 0.200. The molecule has 2 aliphatic rings. The topological polar surface area (TPSA) is 76.6 Å². The number of rotatable bonds is 2. The fourth-order valence-corrected chi connectivity index (χ4v) is 4.48. The second kappa shape index (κ2) is 8.67. The highest BCUT2D eigenvalue weighted by molar-refractivity contribution is 6.06. The number of H-pyrrole nitrogens is 1. The zero-order valence-corrected chi connectivity index (χ0v) is 16.9. The Morgan fingerprint density at radius 2 is 1.80 bits per heavy atom. The van der Waals surface area contributed by atoms with E-state index in [1.54, 1.807) is 0 Å². The maximum absolute atomic E-state index is 13.0. The monoisotopic (exact) mass is 425 g/mol. The van der Waals surface area contributed by atoms with Gasteiger partial charge in [-0.05, 0) is 63.4 Å². The maximum Gasteiger partial charge on any atom is 0.490 e. The number of aliphatic carboxylic acids is 1. The van der Waals surface area contributed by atoms with Gasteiger partial charge in [-0.2, -0.15) is 13.2 Å². The van der Waals surface area contributed by atoms with Gasteiger partial charge in [0, 0.05) is 41.8 Å². The third-order valence-corrected chi connectivity index (χ3v) is 6.11. The summed E-state index contributed by atoms with van der Waals surface area (Å²) in [5.74, 6) is -1.19. The van der Waals surface area contributed by atoms with Crippen LogP contribution in [-0.4, -0.2) is 71.2 Å². The second-order valence-corrected chi connectivity index (χ2v) is 8.21. The molecular weight excluding hydrogens is 399 g/mol. The molecule has 1 aromatic carbocycles. The molecule has 6 nitrogen and oxygen atoms in total. The molecule has 1 amide bonds. The van der Waals surface area contributed by atoms with Gasteiger partial charge in [0.05, 0.1) is 0 Å². The fourth-order valence-electron chi connectivity index (χ4n) is 4.48. The van der Waals surface area contributed by atoms with Crippen molar-refractivity contribution in [2.75, 3.05) is 27.2 Å². The average Bonchev–Trinajstić information content (AvgIpc) is 3.32. The number of carbonyl (C=O) groups excluding carboxylic acids is 1. The molecule has 1 aliphatic heterocycles. The molecule has 2 heterocycles. The summed E-state index contributed by atoms with van der Waals surface area (Å²) >= 11 is 0. The Labute approximate surface area is 172 Å². The second-order valence-electron chi connectivity index (χ2n) is 8.21. The van der Waals surface area contributed by atoms with E-state index in [1.165, 1.54) is 19.3 Å². The summed E-state index contributed by atoms with van der Waals surface area (Å²) in [6, 6.07) is 8.64. The largest absolute Gasteiger partial charge is 0.490 e. The molecule has 30 heavy (non-hydrogen) atoms. The predicted octanol–water partition coefficient (Wildman–Crippen LogP) is 3.60. The first-order valence-electron chi connectivity index (χ1n) is 9.90. The third kappa shape index (κ3) is 4.77. The van der Waals surface area contributed by atoms with E-state index >= 15 is 0 Å². The molecule has 4 rings (SSSR count). The number of carboxylic acids is 1. The van der Waals surface area contributed by atoms with Crippen LogP contribution >= 0.6 is 0 Å². The van der Waals surface area contributed by atoms with Crippen molar-refractivity contribution in [3.8, 4) is 0 Å². The van der Waals surface area contributed by atoms with Gasteiger partial charge in [-0.3, -0.25) is 4.79 Å². The molecule has 0 bridgehead atoms. The van der Waals surface area contributed by atoms with Crippen molar-refractivity contribution in [2.45, 2.75) is 31.5 Å². The van der Waals surface area contributed by atoms with Crippen LogP contribution < -0.4 is 0 Å². The zero-order valence-electron chi connectivity index (χ0n) is 16.9. The van der Waals surface area contributed by atoms with Gasteiger partial charge in [0.1, 0.15) is 0 Å². The number of fused-ring (bicyclic) bond motifs is 2. The van der Waals surface area contributed by atoms with Crippen LogP contribution in [0.3, 0.4) is 0 Å². The third-order valence-electron chi connectivity index (χ3n) is 6.11. The molecule has 0 spiro atoms. The van der Waals surface area contributed by atoms with E-state index in [4.69, 9.17) is 9.90 Å². The molecule has 2 N–H and O–H groups in total. The number of nitrogens with one attached hydrogen (secondary N) is 1. The first-order valence-corrected chi connectivity index (χ1v) is 9.90. The van der Waals surface area contributed by atoms with Crippen molar-refractivity contribution < 1.29 is 27.9 Å². The predicted molar refractivity (Wildman–Crippen MR) is 106 cm³/mol. The molecule has 1 saturated carbocycles. The maximum atomic E-state index is 13.0. The Balaban J connectivity index is 0.000000318. The molecule has 1 aromatic heterocycles. The lowest BCUT2D eigenvalue weighted by Gasteiger charge is -2.34. The molecule has 1 aliphatic carbocycles. The Bertz CT molecular complexity index is 910. The summed E-state index contributed by atoms with van der Waals surface area (Å²) < 4.78 is 31.7. The lowest BCUT2D eigenvalue weighted by molar-refractivity contribution is -0.192. The summed E-state index contributed by atoms with van der Waals surface area (Å²) in [5, 5.41) is 8.17. The molecular formula is C21H26F3N3O3. The van der Waals surface area contributed by atoms with Gasteiger partial charge in [-0.15, -0.1) is 0 Å². The fraction of sp³-hybridized carbons (Fsp3) is 0.524. The van der Waals surface area contributed by atoms with Crippen molar-refractivity contribution in [3.63, 3.8) is 0 Å². The first kappa shape index (κ1) is 22.1. The highest BCUT2D eigenvalue weighted by Crippen LogP contribution is 2.38. The minimum atomic E-state index is -5.08. The van der Waals surface area contributed by atoms with Crippen molar-refractivity contribution in [3.05, 3.63) is 36.0 Å². The van der Waals surface area contributed by atoms with E-state index in [-0.39, 0.29) is 5.91 Å². The lowest BCUT2D eigenvalue weighted by Crippen LogP contribution is -2.36. The molecule has 164 valence electrons. The number of halogens is 3. The SMILES string of the molecule is CN(C)C1CCC2CN(C(=O)c3cccc4[nH]ccc34)CC2C1.O=C(O)C(F)(F)F. The number of hydrogen-bond acceptors (Lipinski definition) is 3. The molecule has 9 heteroatoms. The van der Waals surface area contributed by atoms with Gasteiger partial charge in [0.2, 0.25) is 0 Å². The number of nitrogens with zero attached hydrogens (tertiary/aromatic N) is 2. The molecule has 2 aromatic rings. The van der Waals surface area contributed by atoms with Crippen LogP contribution in [0.2, 0.25) is 0 Å². The van der Waals surface area contributed by atoms with Crippen LogP contribution in [0.15, 0.2) is 30.5 Å².